The van der Waals surface area contributed by atoms with Gasteiger partial charge in [0.1, 0.15) is 30.5 Å². The second-order valence-corrected chi connectivity index (χ2v) is 14.8. The second kappa shape index (κ2) is 25.2. The number of phosphoric ester groups is 1. The highest BCUT2D eigenvalue weighted by molar-refractivity contribution is 7.47. The zero-order valence-electron chi connectivity index (χ0n) is 30.8. The molecule has 0 spiro atoms. The molecule has 19 nitrogen and oxygen atoms in total. The predicted octanol–water partition coefficient (Wildman–Crippen LogP) is 0.982. The predicted molar refractivity (Wildman–Crippen MR) is 187 cm³/mol. The van der Waals surface area contributed by atoms with E-state index in [2.05, 4.69) is 12.2 Å². The van der Waals surface area contributed by atoms with E-state index in [0.29, 0.717) is 6.61 Å². The van der Waals surface area contributed by atoms with Gasteiger partial charge in [0.05, 0.1) is 19.8 Å². The molecule has 0 aromatic heterocycles. The number of carbonyl (C=O) groups is 3. The van der Waals surface area contributed by atoms with Gasteiger partial charge < -0.3 is 65.8 Å². The van der Waals surface area contributed by atoms with Gasteiger partial charge in [0.2, 0.25) is 11.8 Å². The summed E-state index contributed by atoms with van der Waals surface area (Å²) < 4.78 is 50.3. The molecule has 0 bridgehead atoms. The van der Waals surface area contributed by atoms with Gasteiger partial charge in [-0.25, -0.2) is 9.36 Å². The van der Waals surface area contributed by atoms with Crippen LogP contribution in [0.2, 0.25) is 0 Å². The average molecular weight is 788 g/mol. The summed E-state index contributed by atoms with van der Waals surface area (Å²) in [5.41, 5.74) is 10.5. The third-order valence-corrected chi connectivity index (χ3v) is 9.94. The number of ether oxygens (including phenoxy) is 5. The van der Waals surface area contributed by atoms with Crippen LogP contribution in [-0.2, 0) is 46.9 Å². The molecule has 0 saturated carbocycles. The van der Waals surface area contributed by atoms with E-state index in [0.717, 1.165) is 32.6 Å². The first-order chi connectivity index (χ1) is 25.2. The zero-order chi connectivity index (χ0) is 39.4. The molecule has 20 heteroatoms. The van der Waals surface area contributed by atoms with Crippen molar-refractivity contribution < 1.29 is 77.0 Å². The Labute approximate surface area is 310 Å². The van der Waals surface area contributed by atoms with Crippen molar-refractivity contribution in [2.24, 2.45) is 11.5 Å². The van der Waals surface area contributed by atoms with Crippen molar-refractivity contribution in [1.29, 1.82) is 0 Å². The Morgan fingerprint density at radius 1 is 0.755 bits per heavy atom. The minimum absolute atomic E-state index is 0.0785. The third-order valence-electron chi connectivity index (χ3n) is 8.96. The number of aliphatic hydroxyl groups excluding tert-OH is 4. The summed E-state index contributed by atoms with van der Waals surface area (Å²) in [5.74, 6) is -2.01. The Morgan fingerprint density at radius 2 is 1.32 bits per heavy atom. The van der Waals surface area contributed by atoms with Crippen molar-refractivity contribution >= 4 is 25.7 Å². The lowest BCUT2D eigenvalue weighted by atomic mass is 9.95. The number of amides is 3. The summed E-state index contributed by atoms with van der Waals surface area (Å²) >= 11 is 0. The van der Waals surface area contributed by atoms with Gasteiger partial charge in [0.15, 0.2) is 30.9 Å². The molecule has 5 unspecified atom stereocenters. The van der Waals surface area contributed by atoms with Gasteiger partial charge in [-0.05, 0) is 6.42 Å². The summed E-state index contributed by atoms with van der Waals surface area (Å²) in [7, 11) is -5.09. The number of unbranched alkanes of at least 4 members (excludes halogenated alkanes) is 13. The van der Waals surface area contributed by atoms with E-state index in [1.807, 2.05) is 0 Å². The number of carbonyl (C=O) groups excluding carboxylic acids is 3. The molecule has 53 heavy (non-hydrogen) atoms. The zero-order valence-corrected chi connectivity index (χ0v) is 31.7. The SMILES string of the molecule is CCCCCCCCCCCCCCCCOCCOP(=O)(O)O[C@@H]1OC(C(N)=O)[C@@H](O)[C@H](OC(N)=O)C1O[C@@H]1OC(CO)[C@@H](O)[C@H](O)C1NC(C)=O. The third kappa shape index (κ3) is 17.1. The Morgan fingerprint density at radius 3 is 1.83 bits per heavy atom. The molecule has 2 saturated heterocycles. The van der Waals surface area contributed by atoms with Crippen LogP contribution in [0.25, 0.3) is 0 Å². The van der Waals surface area contributed by atoms with Crippen LogP contribution in [0, 0.1) is 0 Å². The van der Waals surface area contributed by atoms with Crippen molar-refractivity contribution in [2.75, 3.05) is 26.4 Å². The van der Waals surface area contributed by atoms with Crippen LogP contribution in [0.1, 0.15) is 104 Å². The molecule has 0 aliphatic carbocycles. The lowest BCUT2D eigenvalue weighted by Crippen LogP contribution is -2.68. The molecule has 2 aliphatic heterocycles. The number of primary amides is 2. The first kappa shape index (κ1) is 47.2. The molecule has 2 fully saturated rings. The summed E-state index contributed by atoms with van der Waals surface area (Å²) in [6.45, 7) is 2.38. The molecule has 2 heterocycles. The van der Waals surface area contributed by atoms with Crippen molar-refractivity contribution in [2.45, 2.75) is 165 Å². The van der Waals surface area contributed by atoms with Crippen LogP contribution in [0.5, 0.6) is 0 Å². The minimum Gasteiger partial charge on any atom is -0.440 e. The number of rotatable bonds is 27. The van der Waals surface area contributed by atoms with E-state index < -0.39 is 100 Å². The van der Waals surface area contributed by atoms with Gasteiger partial charge in [0, 0.05) is 13.5 Å². The van der Waals surface area contributed by atoms with Crippen LogP contribution in [0.3, 0.4) is 0 Å². The van der Waals surface area contributed by atoms with Crippen LogP contribution in [-0.4, -0.2) is 131 Å². The van der Waals surface area contributed by atoms with E-state index in [9.17, 15) is 44.3 Å². The Bertz CT molecular complexity index is 1120. The van der Waals surface area contributed by atoms with Gasteiger partial charge in [-0.1, -0.05) is 90.4 Å². The van der Waals surface area contributed by atoms with Crippen molar-refractivity contribution in [3.63, 3.8) is 0 Å². The molecule has 3 amide bonds. The van der Waals surface area contributed by atoms with Crippen LogP contribution in [0.15, 0.2) is 0 Å². The minimum atomic E-state index is -5.09. The van der Waals surface area contributed by atoms with E-state index >= 15 is 0 Å². The fourth-order valence-electron chi connectivity index (χ4n) is 6.17. The Kier molecular flexibility index (Phi) is 22.4. The summed E-state index contributed by atoms with van der Waals surface area (Å²) in [6.07, 6.45) is -1.53. The molecule has 11 atom stereocenters. The van der Waals surface area contributed by atoms with E-state index in [4.69, 9.17) is 44.2 Å². The number of aliphatic hydroxyl groups is 4. The molecule has 310 valence electrons. The van der Waals surface area contributed by atoms with Crippen LogP contribution < -0.4 is 16.8 Å². The lowest BCUT2D eigenvalue weighted by molar-refractivity contribution is -0.338. The van der Waals surface area contributed by atoms with E-state index in [-0.39, 0.29) is 6.61 Å². The van der Waals surface area contributed by atoms with E-state index in [1.165, 1.54) is 64.2 Å². The highest BCUT2D eigenvalue weighted by Gasteiger charge is 2.55. The summed E-state index contributed by atoms with van der Waals surface area (Å²) in [6, 6.07) is -1.56. The molecule has 10 N–H and O–H groups in total. The van der Waals surface area contributed by atoms with Crippen molar-refractivity contribution in [3.05, 3.63) is 0 Å². The topological polar surface area (TPSA) is 298 Å². The highest BCUT2D eigenvalue weighted by atomic mass is 31.2. The standard InChI is InChI=1S/C33H62N3O16P/c1-3-4-5-6-7-8-9-10-11-12-13-14-15-16-17-46-18-19-47-53(44,45)52-32-29(27(51-33(35)43)26(41)28(49-32)30(34)42)50-31-23(36-21(2)38)25(40)24(39)22(20-37)48-31/h22-29,31-32,37,39-41H,3-20H2,1-2H3,(H2,34,42)(H2,35,43)(H,36,38)(H,44,45)/t22?,23?,24-,25-,26+,27+,28?,29?,31+,32+/m1/s1. The first-order valence-corrected chi connectivity index (χ1v) is 20.1. The summed E-state index contributed by atoms with van der Waals surface area (Å²) in [5, 5.41) is 43.8. The van der Waals surface area contributed by atoms with Gasteiger partial charge >= 0.3 is 13.9 Å². The highest BCUT2D eigenvalue weighted by Crippen LogP contribution is 2.47. The van der Waals surface area contributed by atoms with Crippen molar-refractivity contribution in [3.8, 4) is 0 Å². The largest absolute Gasteiger partial charge is 0.474 e. The van der Waals surface area contributed by atoms with E-state index in [1.54, 1.807) is 0 Å². The molecular formula is C33H62N3O16P. The number of hydrogen-bond acceptors (Lipinski definition) is 15. The Hall–Kier alpha value is -2.00. The maximum Gasteiger partial charge on any atom is 0.474 e. The quantitative estimate of drug-likeness (QED) is 0.0425. The molecule has 0 aromatic carbocycles. The number of nitrogens with one attached hydrogen (secondary N) is 1. The monoisotopic (exact) mass is 787 g/mol. The van der Waals surface area contributed by atoms with Gasteiger partial charge in [-0.15, -0.1) is 0 Å². The molecule has 2 aliphatic rings. The number of hydrogen-bond donors (Lipinski definition) is 8. The molecule has 0 radical (unpaired) electrons. The Balaban J connectivity index is 1.91. The van der Waals surface area contributed by atoms with Crippen molar-refractivity contribution in [1.82, 2.24) is 5.32 Å². The number of nitrogens with two attached hydrogens (primary N) is 2. The normalized spacial score (nSPS) is 30.0. The molecule has 2 rings (SSSR count). The van der Waals surface area contributed by atoms with Gasteiger partial charge in [-0.2, -0.15) is 0 Å². The molecular weight excluding hydrogens is 725 g/mol. The average Bonchev–Trinajstić information content (AvgIpc) is 3.09. The number of phosphoric acid groups is 1. The van der Waals surface area contributed by atoms with Crippen LogP contribution >= 0.6 is 7.82 Å². The maximum atomic E-state index is 13.0. The smallest absolute Gasteiger partial charge is 0.440 e. The maximum absolute atomic E-state index is 13.0. The van der Waals surface area contributed by atoms with Gasteiger partial charge in [-0.3, -0.25) is 18.6 Å². The molecule has 0 aromatic rings. The second-order valence-electron chi connectivity index (χ2n) is 13.4. The summed E-state index contributed by atoms with van der Waals surface area (Å²) in [4.78, 5) is 46.4. The fourth-order valence-corrected chi connectivity index (χ4v) is 6.97. The van der Waals surface area contributed by atoms with Crippen LogP contribution in [0.4, 0.5) is 4.79 Å². The fraction of sp³-hybridized carbons (Fsp3) is 0.909. The lowest BCUT2D eigenvalue weighted by Gasteiger charge is -2.47. The van der Waals surface area contributed by atoms with Gasteiger partial charge in [0.25, 0.3) is 0 Å². The first-order valence-electron chi connectivity index (χ1n) is 18.6.